The van der Waals surface area contributed by atoms with Crippen LogP contribution in [0.15, 0.2) is 34.9 Å². The number of rotatable bonds is 9. The summed E-state index contributed by atoms with van der Waals surface area (Å²) >= 11 is 0. The van der Waals surface area contributed by atoms with Crippen molar-refractivity contribution in [3.05, 3.63) is 34.9 Å². The minimum absolute atomic E-state index is 0.0477. The molecule has 2 aliphatic carbocycles. The van der Waals surface area contributed by atoms with Crippen molar-refractivity contribution in [1.82, 2.24) is 0 Å². The largest absolute Gasteiger partial charge is 0.390 e. The Morgan fingerprint density at radius 2 is 1.47 bits per heavy atom. The van der Waals surface area contributed by atoms with Gasteiger partial charge in [-0.1, -0.05) is 55.7 Å². The Hall–Kier alpha value is -1.15. The van der Waals surface area contributed by atoms with Crippen LogP contribution in [0.25, 0.3) is 0 Å². The zero-order valence-electron chi connectivity index (χ0n) is 22.3. The molecule has 2 heteroatoms. The number of carbonyl (C=O) groups excluding carboxylic acids is 1. The smallest absolute Gasteiger partial charge is 0.138 e. The lowest BCUT2D eigenvalue weighted by Gasteiger charge is -2.60. The average Bonchev–Trinajstić information content (AvgIpc) is 2.67. The first-order chi connectivity index (χ1) is 14.8. The molecule has 4 atom stereocenters. The maximum Gasteiger partial charge on any atom is 0.138 e. The average molecular weight is 443 g/mol. The summed E-state index contributed by atoms with van der Waals surface area (Å²) in [6, 6.07) is 0. The minimum atomic E-state index is -0.630. The summed E-state index contributed by atoms with van der Waals surface area (Å²) in [6.45, 7) is 17.5. The van der Waals surface area contributed by atoms with Crippen LogP contribution in [-0.2, 0) is 4.79 Å². The normalized spacial score (nSPS) is 33.1. The number of carbonyl (C=O) groups is 1. The summed E-state index contributed by atoms with van der Waals surface area (Å²) in [5.41, 5.74) is 3.50. The summed E-state index contributed by atoms with van der Waals surface area (Å²) in [4.78, 5) is 12.6. The summed E-state index contributed by atoms with van der Waals surface area (Å²) in [7, 11) is 0. The third-order valence-corrected chi connectivity index (χ3v) is 8.83. The highest BCUT2D eigenvalue weighted by molar-refractivity contribution is 5.85. The Kier molecular flexibility index (Phi) is 9.19. The molecule has 2 fully saturated rings. The fourth-order valence-electron chi connectivity index (χ4n) is 6.80. The molecule has 4 unspecified atom stereocenters. The molecule has 0 spiro atoms. The van der Waals surface area contributed by atoms with Crippen molar-refractivity contribution in [2.75, 3.05) is 0 Å². The van der Waals surface area contributed by atoms with E-state index in [0.717, 1.165) is 57.8 Å². The predicted octanol–water partition coefficient (Wildman–Crippen LogP) is 8.36. The molecule has 2 aliphatic rings. The third kappa shape index (κ3) is 6.46. The molecule has 32 heavy (non-hydrogen) atoms. The molecular weight excluding hydrogens is 392 g/mol. The number of Topliss-reactive ketones (excluding diaryl/α,β-unsaturated/α-hetero) is 1. The van der Waals surface area contributed by atoms with Crippen molar-refractivity contribution in [2.24, 2.45) is 22.7 Å². The molecule has 2 saturated carbocycles. The summed E-state index contributed by atoms with van der Waals surface area (Å²) in [5.74, 6) is 1.05. The van der Waals surface area contributed by atoms with Gasteiger partial charge in [0, 0.05) is 11.8 Å². The Bertz CT molecular complexity index is 745. The molecule has 1 N–H and O–H groups in total. The van der Waals surface area contributed by atoms with Gasteiger partial charge in [-0.25, -0.2) is 0 Å². The molecule has 0 radical (unpaired) electrons. The highest BCUT2D eigenvalue weighted by Gasteiger charge is 2.59. The van der Waals surface area contributed by atoms with E-state index < -0.39 is 5.60 Å². The van der Waals surface area contributed by atoms with E-state index in [1.54, 1.807) is 0 Å². The number of fused-ring (bicyclic) bond motifs is 1. The summed E-state index contributed by atoms with van der Waals surface area (Å²) in [6.07, 6.45) is 17.0. The van der Waals surface area contributed by atoms with Gasteiger partial charge in [0.05, 0.1) is 5.60 Å². The minimum Gasteiger partial charge on any atom is -0.390 e. The number of hydrogen-bond acceptors (Lipinski definition) is 2. The van der Waals surface area contributed by atoms with Crippen LogP contribution in [0.1, 0.15) is 120 Å². The SMILES string of the molecule is CC(C)=CCCC(C)=CCCC(C)=CCCC1C(C)(O)CCC2C(C)(C)C(=O)CCC12C. The van der Waals surface area contributed by atoms with Gasteiger partial charge >= 0.3 is 0 Å². The maximum absolute atomic E-state index is 12.6. The molecule has 0 aromatic carbocycles. The number of hydrogen-bond donors (Lipinski definition) is 1. The Balaban J connectivity index is 1.95. The molecule has 182 valence electrons. The third-order valence-electron chi connectivity index (χ3n) is 8.83. The molecule has 2 nitrogen and oxygen atoms in total. The van der Waals surface area contributed by atoms with Crippen LogP contribution in [-0.4, -0.2) is 16.5 Å². The van der Waals surface area contributed by atoms with Gasteiger partial charge in [-0.15, -0.1) is 0 Å². The van der Waals surface area contributed by atoms with Crippen molar-refractivity contribution >= 4 is 5.78 Å². The van der Waals surface area contributed by atoms with E-state index in [1.807, 2.05) is 6.92 Å². The summed E-state index contributed by atoms with van der Waals surface area (Å²) < 4.78 is 0. The van der Waals surface area contributed by atoms with Gasteiger partial charge in [0.1, 0.15) is 5.78 Å². The zero-order chi connectivity index (χ0) is 24.2. The Labute approximate surface area is 198 Å². The van der Waals surface area contributed by atoms with Crippen molar-refractivity contribution in [1.29, 1.82) is 0 Å². The van der Waals surface area contributed by atoms with Crippen molar-refractivity contribution < 1.29 is 9.90 Å². The van der Waals surface area contributed by atoms with Gasteiger partial charge in [0.25, 0.3) is 0 Å². The van der Waals surface area contributed by atoms with E-state index in [2.05, 4.69) is 66.7 Å². The monoisotopic (exact) mass is 442 g/mol. The van der Waals surface area contributed by atoms with Crippen molar-refractivity contribution in [3.63, 3.8) is 0 Å². The van der Waals surface area contributed by atoms with Crippen molar-refractivity contribution in [3.8, 4) is 0 Å². The topological polar surface area (TPSA) is 37.3 Å². The quantitative estimate of drug-likeness (QED) is 0.364. The molecule has 0 aliphatic heterocycles. The predicted molar refractivity (Wildman–Crippen MR) is 138 cm³/mol. The van der Waals surface area contributed by atoms with Gasteiger partial charge in [0.15, 0.2) is 0 Å². The van der Waals surface area contributed by atoms with Gasteiger partial charge in [0.2, 0.25) is 0 Å². The van der Waals surface area contributed by atoms with Crippen LogP contribution in [0.2, 0.25) is 0 Å². The number of allylic oxidation sites excluding steroid dienone is 6. The molecule has 0 aromatic rings. The lowest BCUT2D eigenvalue weighted by molar-refractivity contribution is -0.177. The standard InChI is InChI=1S/C30H50O2/c1-22(2)12-9-13-23(3)14-10-15-24(4)16-11-17-26-29(7)20-19-27(31)28(5,6)25(29)18-21-30(26,8)32/h12,14,16,25-26,32H,9-11,13,15,17-21H2,1-8H3. The van der Waals surface area contributed by atoms with Crippen LogP contribution in [0, 0.1) is 22.7 Å². The van der Waals surface area contributed by atoms with E-state index in [4.69, 9.17) is 0 Å². The number of aliphatic hydroxyl groups is 1. The van der Waals surface area contributed by atoms with E-state index in [9.17, 15) is 9.90 Å². The molecular formula is C30H50O2. The first-order valence-electron chi connectivity index (χ1n) is 13.0. The molecule has 0 amide bonds. The molecule has 0 saturated heterocycles. The molecule has 2 rings (SSSR count). The highest BCUT2D eigenvalue weighted by atomic mass is 16.3. The van der Waals surface area contributed by atoms with Crippen LogP contribution in [0.3, 0.4) is 0 Å². The second-order valence-corrected chi connectivity index (χ2v) is 12.2. The second-order valence-electron chi connectivity index (χ2n) is 12.2. The summed E-state index contributed by atoms with van der Waals surface area (Å²) in [5, 5.41) is 11.3. The first-order valence-corrected chi connectivity index (χ1v) is 13.0. The fraction of sp³-hybridized carbons (Fsp3) is 0.767. The lowest BCUT2D eigenvalue weighted by Crippen LogP contribution is -2.59. The Morgan fingerprint density at radius 1 is 0.906 bits per heavy atom. The maximum atomic E-state index is 12.6. The second kappa shape index (κ2) is 10.9. The van der Waals surface area contributed by atoms with E-state index in [1.165, 1.54) is 16.7 Å². The van der Waals surface area contributed by atoms with Crippen LogP contribution < -0.4 is 0 Å². The van der Waals surface area contributed by atoms with E-state index in [-0.39, 0.29) is 16.7 Å². The fourth-order valence-corrected chi connectivity index (χ4v) is 6.80. The van der Waals surface area contributed by atoms with Gasteiger partial charge in [-0.3, -0.25) is 4.79 Å². The van der Waals surface area contributed by atoms with Gasteiger partial charge in [-0.05, 0) is 110 Å². The van der Waals surface area contributed by atoms with E-state index >= 15 is 0 Å². The van der Waals surface area contributed by atoms with Crippen LogP contribution in [0.5, 0.6) is 0 Å². The first kappa shape index (κ1) is 27.1. The zero-order valence-corrected chi connectivity index (χ0v) is 22.3. The van der Waals surface area contributed by atoms with Crippen molar-refractivity contribution in [2.45, 2.75) is 125 Å². The van der Waals surface area contributed by atoms with Gasteiger partial charge < -0.3 is 5.11 Å². The molecule has 0 heterocycles. The highest BCUT2D eigenvalue weighted by Crippen LogP contribution is 2.62. The lowest BCUT2D eigenvalue weighted by atomic mass is 9.45. The van der Waals surface area contributed by atoms with Crippen LogP contribution >= 0.6 is 0 Å². The molecule has 0 bridgehead atoms. The van der Waals surface area contributed by atoms with Crippen LogP contribution in [0.4, 0.5) is 0 Å². The number of ketones is 1. The van der Waals surface area contributed by atoms with Gasteiger partial charge in [-0.2, -0.15) is 0 Å². The van der Waals surface area contributed by atoms with E-state index in [0.29, 0.717) is 18.1 Å². The Morgan fingerprint density at radius 3 is 2.06 bits per heavy atom. The molecule has 0 aromatic heterocycles.